The van der Waals surface area contributed by atoms with Gasteiger partial charge in [0.25, 0.3) is 0 Å². The van der Waals surface area contributed by atoms with E-state index in [0.717, 1.165) is 32.1 Å². The van der Waals surface area contributed by atoms with E-state index in [1.165, 1.54) is 0 Å². The van der Waals surface area contributed by atoms with E-state index in [1.807, 2.05) is 0 Å². The lowest BCUT2D eigenvalue weighted by Gasteiger charge is -2.22. The maximum Gasteiger partial charge on any atom is 0.407 e. The summed E-state index contributed by atoms with van der Waals surface area (Å²) in [5, 5.41) is 2.25. The number of nitrogens with one attached hydrogen (secondary N) is 2. The van der Waals surface area contributed by atoms with Gasteiger partial charge in [-0.3, -0.25) is 0 Å². The number of carbonyl (C=O) groups excluding carboxylic acids is 1. The number of rotatable bonds is 5. The SMILES string of the molecule is CC(C)(C)OC(=O)NCCNS(=O)(=O)C1CCCCC1. The van der Waals surface area contributed by atoms with E-state index in [4.69, 9.17) is 4.74 Å². The fourth-order valence-electron chi connectivity index (χ4n) is 2.17. The van der Waals surface area contributed by atoms with Crippen LogP contribution in [0.1, 0.15) is 52.9 Å². The summed E-state index contributed by atoms with van der Waals surface area (Å²) in [6.45, 7) is 5.74. The molecule has 1 saturated carbocycles. The number of sulfonamides is 1. The molecule has 7 heteroatoms. The molecule has 0 heterocycles. The van der Waals surface area contributed by atoms with Crippen molar-refractivity contribution in [2.75, 3.05) is 13.1 Å². The van der Waals surface area contributed by atoms with Gasteiger partial charge in [0.2, 0.25) is 10.0 Å². The molecule has 0 aliphatic heterocycles. The summed E-state index contributed by atoms with van der Waals surface area (Å²) in [5.41, 5.74) is -0.550. The summed E-state index contributed by atoms with van der Waals surface area (Å²) in [5.74, 6) is 0. The van der Waals surface area contributed by atoms with Crippen LogP contribution in [-0.2, 0) is 14.8 Å². The summed E-state index contributed by atoms with van der Waals surface area (Å²) >= 11 is 0. The third-order valence-electron chi connectivity index (χ3n) is 3.09. The zero-order chi connectivity index (χ0) is 15.2. The third kappa shape index (κ3) is 6.56. The first-order valence-electron chi connectivity index (χ1n) is 7.16. The summed E-state index contributed by atoms with van der Waals surface area (Å²) < 4.78 is 31.6. The quantitative estimate of drug-likeness (QED) is 0.758. The normalized spacial score (nSPS) is 17.8. The minimum absolute atomic E-state index is 0.193. The molecule has 0 spiro atoms. The Morgan fingerprint density at radius 2 is 1.75 bits per heavy atom. The minimum atomic E-state index is -3.26. The summed E-state index contributed by atoms with van der Waals surface area (Å²) in [7, 11) is -3.26. The van der Waals surface area contributed by atoms with E-state index >= 15 is 0 Å². The Kier molecular flexibility index (Phi) is 6.26. The topological polar surface area (TPSA) is 84.5 Å². The molecule has 6 nitrogen and oxygen atoms in total. The number of alkyl carbamates (subject to hydrolysis) is 1. The Morgan fingerprint density at radius 1 is 1.15 bits per heavy atom. The Hall–Kier alpha value is -0.820. The Balaban J connectivity index is 2.24. The second kappa shape index (κ2) is 7.26. The maximum atomic E-state index is 12.0. The number of hydrogen-bond acceptors (Lipinski definition) is 4. The molecule has 0 unspecified atom stereocenters. The van der Waals surface area contributed by atoms with Gasteiger partial charge in [-0.25, -0.2) is 17.9 Å². The second-order valence-corrected chi connectivity index (χ2v) is 8.17. The molecule has 0 aromatic rings. The number of amides is 1. The van der Waals surface area contributed by atoms with Gasteiger partial charge in [0, 0.05) is 13.1 Å². The van der Waals surface area contributed by atoms with Crippen molar-refractivity contribution in [3.05, 3.63) is 0 Å². The van der Waals surface area contributed by atoms with Crippen LogP contribution >= 0.6 is 0 Å². The molecule has 1 fully saturated rings. The fourth-order valence-corrected chi connectivity index (χ4v) is 3.74. The first kappa shape index (κ1) is 17.2. The van der Waals surface area contributed by atoms with Crippen LogP contribution in [0.5, 0.6) is 0 Å². The Bertz CT molecular complexity index is 409. The highest BCUT2D eigenvalue weighted by Gasteiger charge is 2.26. The highest BCUT2D eigenvalue weighted by Crippen LogP contribution is 2.22. The first-order chi connectivity index (χ1) is 9.21. The molecular formula is C13H26N2O4S. The van der Waals surface area contributed by atoms with Crippen molar-refractivity contribution in [3.8, 4) is 0 Å². The zero-order valence-electron chi connectivity index (χ0n) is 12.6. The van der Waals surface area contributed by atoms with E-state index in [9.17, 15) is 13.2 Å². The Morgan fingerprint density at radius 3 is 2.30 bits per heavy atom. The number of ether oxygens (including phenoxy) is 1. The molecule has 0 bridgehead atoms. The van der Waals surface area contributed by atoms with Crippen LogP contribution in [0.3, 0.4) is 0 Å². The predicted molar refractivity (Wildman–Crippen MR) is 78.0 cm³/mol. The van der Waals surface area contributed by atoms with Crippen molar-refractivity contribution in [2.45, 2.75) is 63.7 Å². The monoisotopic (exact) mass is 306 g/mol. The number of hydrogen-bond donors (Lipinski definition) is 2. The molecule has 0 saturated heterocycles. The molecule has 1 aliphatic rings. The lowest BCUT2D eigenvalue weighted by atomic mass is 10.0. The van der Waals surface area contributed by atoms with E-state index in [1.54, 1.807) is 20.8 Å². The first-order valence-corrected chi connectivity index (χ1v) is 8.71. The van der Waals surface area contributed by atoms with Crippen LogP contribution in [0.15, 0.2) is 0 Å². The smallest absolute Gasteiger partial charge is 0.407 e. The van der Waals surface area contributed by atoms with E-state index in [0.29, 0.717) is 0 Å². The summed E-state index contributed by atoms with van der Waals surface area (Å²) in [6.07, 6.45) is 3.99. The van der Waals surface area contributed by atoms with Crippen LogP contribution in [0.4, 0.5) is 4.79 Å². The molecule has 1 amide bonds. The van der Waals surface area contributed by atoms with Crippen molar-refractivity contribution in [1.29, 1.82) is 0 Å². The molecule has 2 N–H and O–H groups in total. The van der Waals surface area contributed by atoms with Gasteiger partial charge in [0.15, 0.2) is 0 Å². The number of carbonyl (C=O) groups is 1. The van der Waals surface area contributed by atoms with Gasteiger partial charge >= 0.3 is 6.09 Å². The molecule has 0 atom stereocenters. The minimum Gasteiger partial charge on any atom is -0.444 e. The van der Waals surface area contributed by atoms with Crippen LogP contribution in [-0.4, -0.2) is 38.5 Å². The van der Waals surface area contributed by atoms with Crippen LogP contribution < -0.4 is 10.0 Å². The van der Waals surface area contributed by atoms with Crippen molar-refractivity contribution < 1.29 is 17.9 Å². The average molecular weight is 306 g/mol. The predicted octanol–water partition coefficient (Wildman–Crippen LogP) is 1.76. The van der Waals surface area contributed by atoms with Gasteiger partial charge in [0.05, 0.1) is 5.25 Å². The summed E-state index contributed by atoms with van der Waals surface area (Å²) in [6, 6.07) is 0. The highest BCUT2D eigenvalue weighted by atomic mass is 32.2. The van der Waals surface area contributed by atoms with Crippen molar-refractivity contribution in [1.82, 2.24) is 10.0 Å². The lowest BCUT2D eigenvalue weighted by molar-refractivity contribution is 0.0529. The molecule has 20 heavy (non-hydrogen) atoms. The molecule has 1 rings (SSSR count). The van der Waals surface area contributed by atoms with E-state index in [2.05, 4.69) is 10.0 Å². The molecule has 1 aliphatic carbocycles. The standard InChI is InChI=1S/C13H26N2O4S/c1-13(2,3)19-12(16)14-9-10-15-20(17,18)11-7-5-4-6-8-11/h11,15H,4-10H2,1-3H3,(H,14,16). The van der Waals surface area contributed by atoms with E-state index in [-0.39, 0.29) is 18.3 Å². The molecule has 0 aromatic carbocycles. The van der Waals surface area contributed by atoms with Gasteiger partial charge in [-0.2, -0.15) is 0 Å². The molecule has 118 valence electrons. The van der Waals surface area contributed by atoms with Crippen molar-refractivity contribution in [2.24, 2.45) is 0 Å². The molecular weight excluding hydrogens is 280 g/mol. The van der Waals surface area contributed by atoms with Gasteiger partial charge < -0.3 is 10.1 Å². The lowest BCUT2D eigenvalue weighted by Crippen LogP contribution is -2.41. The van der Waals surface area contributed by atoms with Crippen LogP contribution in [0.2, 0.25) is 0 Å². The largest absolute Gasteiger partial charge is 0.444 e. The molecule has 0 radical (unpaired) electrons. The van der Waals surface area contributed by atoms with Gasteiger partial charge in [0.1, 0.15) is 5.60 Å². The second-order valence-electron chi connectivity index (χ2n) is 6.13. The molecule has 0 aromatic heterocycles. The highest BCUT2D eigenvalue weighted by molar-refractivity contribution is 7.90. The third-order valence-corrected chi connectivity index (χ3v) is 5.04. The average Bonchev–Trinajstić information content (AvgIpc) is 2.34. The maximum absolute atomic E-state index is 12.0. The Labute approximate surface area is 121 Å². The summed E-state index contributed by atoms with van der Waals surface area (Å²) in [4.78, 5) is 11.4. The fraction of sp³-hybridized carbons (Fsp3) is 0.923. The van der Waals surface area contributed by atoms with Crippen LogP contribution in [0.25, 0.3) is 0 Å². The van der Waals surface area contributed by atoms with Gasteiger partial charge in [-0.05, 0) is 33.6 Å². The van der Waals surface area contributed by atoms with Gasteiger partial charge in [-0.15, -0.1) is 0 Å². The van der Waals surface area contributed by atoms with Crippen LogP contribution in [0, 0.1) is 0 Å². The zero-order valence-corrected chi connectivity index (χ0v) is 13.4. The van der Waals surface area contributed by atoms with Crippen molar-refractivity contribution >= 4 is 16.1 Å². The van der Waals surface area contributed by atoms with Gasteiger partial charge in [-0.1, -0.05) is 19.3 Å². The van der Waals surface area contributed by atoms with E-state index < -0.39 is 21.7 Å². The van der Waals surface area contributed by atoms with Crippen molar-refractivity contribution in [3.63, 3.8) is 0 Å².